The lowest BCUT2D eigenvalue weighted by Gasteiger charge is -2.49. The maximum absolute atomic E-state index is 11.8. The van der Waals surface area contributed by atoms with Gasteiger partial charge in [-0.15, -0.1) is 0 Å². The number of hydrogen-bond donors (Lipinski definition) is 1. The largest absolute Gasteiger partial charge is 0.357 e. The molecule has 2 saturated carbocycles. The molecular weight excluding hydrogens is 214 g/mol. The van der Waals surface area contributed by atoms with E-state index in [4.69, 9.17) is 10.5 Å². The zero-order chi connectivity index (χ0) is 12.4. The predicted octanol–water partition coefficient (Wildman–Crippen LogP) is 1.89. The molecule has 17 heavy (non-hydrogen) atoms. The van der Waals surface area contributed by atoms with Gasteiger partial charge in [-0.05, 0) is 31.1 Å². The molecule has 0 aromatic rings. The van der Waals surface area contributed by atoms with Gasteiger partial charge in [-0.3, -0.25) is 4.79 Å². The Hall–Kier alpha value is -0.410. The summed E-state index contributed by atoms with van der Waals surface area (Å²) in [6, 6.07) is -0.0182. The topological polar surface area (TPSA) is 55.6 Å². The van der Waals surface area contributed by atoms with Crippen LogP contribution in [0.4, 0.5) is 0 Å². The highest BCUT2D eigenvalue weighted by atomic mass is 16.6. The number of carbonyl (C=O) groups excluding carboxylic acids is 1. The first kappa shape index (κ1) is 11.7. The van der Waals surface area contributed by atoms with Crippen molar-refractivity contribution < 1.29 is 9.53 Å². The van der Waals surface area contributed by atoms with E-state index >= 15 is 0 Å². The van der Waals surface area contributed by atoms with Crippen LogP contribution in [0.3, 0.4) is 0 Å². The van der Waals surface area contributed by atoms with Crippen molar-refractivity contribution in [3.63, 3.8) is 0 Å². The molecule has 0 radical (unpaired) electrons. The molecule has 1 heterocycles. The summed E-state index contributed by atoms with van der Waals surface area (Å²) in [5.41, 5.74) is 6.11. The Morgan fingerprint density at radius 2 is 2.18 bits per heavy atom. The highest BCUT2D eigenvalue weighted by Crippen LogP contribution is 2.64. The molecule has 5 atom stereocenters. The molecular formula is C14H23NO2. The molecule has 0 aromatic carbocycles. The van der Waals surface area contributed by atoms with Gasteiger partial charge < -0.3 is 10.5 Å². The standard InChI is InChI=1S/C14H23NO2/c1-8(2)9-4-5-14-12(17-14)10(16)6-11(15)13(14,3)7-9/h8-9,11-12H,4-7,15H2,1-3H3/t9-,11-,12?,13+,14?/m1/s1. The molecule has 0 amide bonds. The lowest BCUT2D eigenvalue weighted by Crippen LogP contribution is -2.59. The molecule has 3 heteroatoms. The molecule has 3 fully saturated rings. The van der Waals surface area contributed by atoms with Crippen LogP contribution < -0.4 is 5.73 Å². The summed E-state index contributed by atoms with van der Waals surface area (Å²) < 4.78 is 5.85. The first-order chi connectivity index (χ1) is 7.91. The Labute approximate surface area is 103 Å². The fourth-order valence-corrected chi connectivity index (χ4v) is 4.21. The second kappa shape index (κ2) is 3.33. The molecule has 0 aromatic heterocycles. The third-order valence-corrected chi connectivity index (χ3v) is 5.71. The lowest BCUT2D eigenvalue weighted by atomic mass is 9.54. The molecule has 2 unspecified atom stereocenters. The number of ether oxygens (including phenoxy) is 1. The Morgan fingerprint density at radius 1 is 1.47 bits per heavy atom. The van der Waals surface area contributed by atoms with E-state index in [0.717, 1.165) is 18.8 Å². The predicted molar refractivity (Wildman–Crippen MR) is 65.5 cm³/mol. The van der Waals surface area contributed by atoms with Crippen molar-refractivity contribution in [2.75, 3.05) is 0 Å². The van der Waals surface area contributed by atoms with Gasteiger partial charge in [-0.1, -0.05) is 20.8 Å². The van der Waals surface area contributed by atoms with Crippen molar-refractivity contribution in [1.82, 2.24) is 0 Å². The molecule has 2 aliphatic carbocycles. The summed E-state index contributed by atoms with van der Waals surface area (Å²) >= 11 is 0. The lowest BCUT2D eigenvalue weighted by molar-refractivity contribution is -0.123. The molecule has 1 spiro atoms. The van der Waals surface area contributed by atoms with Crippen molar-refractivity contribution in [3.05, 3.63) is 0 Å². The van der Waals surface area contributed by atoms with Crippen LogP contribution in [-0.4, -0.2) is 23.5 Å². The van der Waals surface area contributed by atoms with Crippen molar-refractivity contribution in [3.8, 4) is 0 Å². The van der Waals surface area contributed by atoms with Crippen LogP contribution in [0.15, 0.2) is 0 Å². The molecule has 96 valence electrons. The van der Waals surface area contributed by atoms with Crippen LogP contribution in [0.25, 0.3) is 0 Å². The average molecular weight is 237 g/mol. The maximum atomic E-state index is 11.8. The third kappa shape index (κ3) is 1.33. The number of nitrogens with two attached hydrogens (primary N) is 1. The van der Waals surface area contributed by atoms with Crippen molar-refractivity contribution in [2.24, 2.45) is 23.0 Å². The number of Topliss-reactive ketones (excluding diaryl/α,β-unsaturated/α-hetero) is 1. The van der Waals surface area contributed by atoms with Crippen LogP contribution in [0, 0.1) is 17.3 Å². The molecule has 3 aliphatic rings. The monoisotopic (exact) mass is 237 g/mol. The van der Waals surface area contributed by atoms with Gasteiger partial charge in [0.2, 0.25) is 0 Å². The van der Waals surface area contributed by atoms with Crippen LogP contribution in [-0.2, 0) is 9.53 Å². The van der Waals surface area contributed by atoms with Gasteiger partial charge in [0, 0.05) is 17.9 Å². The summed E-state index contributed by atoms with van der Waals surface area (Å²) in [4.78, 5) is 11.8. The summed E-state index contributed by atoms with van der Waals surface area (Å²) in [6.45, 7) is 6.83. The van der Waals surface area contributed by atoms with E-state index < -0.39 is 0 Å². The number of ketones is 1. The second-order valence-electron chi connectivity index (χ2n) is 6.83. The van der Waals surface area contributed by atoms with E-state index in [1.165, 1.54) is 6.42 Å². The minimum atomic E-state index is -0.187. The highest BCUT2D eigenvalue weighted by molar-refractivity contribution is 5.89. The minimum Gasteiger partial charge on any atom is -0.357 e. The molecule has 1 saturated heterocycles. The Kier molecular flexibility index (Phi) is 2.28. The summed E-state index contributed by atoms with van der Waals surface area (Å²) in [6.07, 6.45) is 3.71. The summed E-state index contributed by atoms with van der Waals surface area (Å²) in [5.74, 6) is 1.67. The summed E-state index contributed by atoms with van der Waals surface area (Å²) in [7, 11) is 0. The molecule has 0 bridgehead atoms. The van der Waals surface area contributed by atoms with Crippen LogP contribution in [0.2, 0.25) is 0 Å². The number of rotatable bonds is 1. The molecule has 2 N–H and O–H groups in total. The van der Waals surface area contributed by atoms with Crippen LogP contribution in [0.1, 0.15) is 46.5 Å². The fourth-order valence-electron chi connectivity index (χ4n) is 4.21. The first-order valence-electron chi connectivity index (χ1n) is 6.87. The molecule has 3 nitrogen and oxygen atoms in total. The quantitative estimate of drug-likeness (QED) is 0.708. The first-order valence-corrected chi connectivity index (χ1v) is 6.87. The van der Waals surface area contributed by atoms with E-state index in [9.17, 15) is 4.79 Å². The van der Waals surface area contributed by atoms with Gasteiger partial charge in [0.1, 0.15) is 11.7 Å². The van der Waals surface area contributed by atoms with E-state index in [0.29, 0.717) is 12.3 Å². The zero-order valence-corrected chi connectivity index (χ0v) is 11.0. The fraction of sp³-hybridized carbons (Fsp3) is 0.929. The van der Waals surface area contributed by atoms with E-state index in [-0.39, 0.29) is 28.9 Å². The van der Waals surface area contributed by atoms with Crippen LogP contribution >= 0.6 is 0 Å². The smallest absolute Gasteiger partial charge is 0.166 e. The number of epoxide rings is 1. The maximum Gasteiger partial charge on any atom is 0.166 e. The van der Waals surface area contributed by atoms with E-state index in [1.807, 2.05) is 0 Å². The van der Waals surface area contributed by atoms with E-state index in [1.54, 1.807) is 0 Å². The highest BCUT2D eigenvalue weighted by Gasteiger charge is 2.74. The molecule has 3 rings (SSSR count). The van der Waals surface area contributed by atoms with Crippen molar-refractivity contribution in [1.29, 1.82) is 0 Å². The Balaban J connectivity index is 1.91. The van der Waals surface area contributed by atoms with Crippen molar-refractivity contribution >= 4 is 5.78 Å². The second-order valence-corrected chi connectivity index (χ2v) is 6.83. The normalized spacial score (nSPS) is 53.2. The third-order valence-electron chi connectivity index (χ3n) is 5.71. The van der Waals surface area contributed by atoms with E-state index in [2.05, 4.69) is 20.8 Å². The summed E-state index contributed by atoms with van der Waals surface area (Å²) in [5, 5.41) is 0. The molecule has 1 aliphatic heterocycles. The minimum absolute atomic E-state index is 0.0127. The Bertz CT molecular complexity index is 367. The van der Waals surface area contributed by atoms with Gasteiger partial charge in [0.05, 0.1) is 0 Å². The van der Waals surface area contributed by atoms with Crippen molar-refractivity contribution in [2.45, 2.75) is 64.2 Å². The van der Waals surface area contributed by atoms with Gasteiger partial charge in [0.25, 0.3) is 0 Å². The zero-order valence-electron chi connectivity index (χ0n) is 11.0. The number of carbonyl (C=O) groups is 1. The van der Waals surface area contributed by atoms with Gasteiger partial charge in [-0.25, -0.2) is 0 Å². The van der Waals surface area contributed by atoms with Gasteiger partial charge in [-0.2, -0.15) is 0 Å². The number of hydrogen-bond acceptors (Lipinski definition) is 3. The SMILES string of the molecule is CC(C)[C@@H]1CCC23OC2C(=O)C[C@@H](N)[C@]3(C)C1. The van der Waals surface area contributed by atoms with Gasteiger partial charge in [0.15, 0.2) is 5.78 Å². The van der Waals surface area contributed by atoms with Gasteiger partial charge >= 0.3 is 0 Å². The average Bonchev–Trinajstić information content (AvgIpc) is 2.98. The van der Waals surface area contributed by atoms with Crippen LogP contribution in [0.5, 0.6) is 0 Å². The Morgan fingerprint density at radius 3 is 2.82 bits per heavy atom.